The molecule has 1 radical (unpaired) electrons. The minimum Gasteiger partial charge on any atom is -0.497 e. The molecule has 0 aliphatic heterocycles. The first-order valence-electron chi connectivity index (χ1n) is 4.16. The van der Waals surface area contributed by atoms with Crippen molar-refractivity contribution in [2.24, 2.45) is 0 Å². The number of hydrogen-bond donors (Lipinski definition) is 0. The maximum absolute atomic E-state index is 9.72. The van der Waals surface area contributed by atoms with Gasteiger partial charge in [0, 0.05) is 0 Å². The molecule has 1 rings (SSSR count). The van der Waals surface area contributed by atoms with Crippen LogP contribution in [-0.2, 0) is 9.53 Å². The van der Waals surface area contributed by atoms with Crippen LogP contribution in [0, 0.1) is 0 Å². The largest absolute Gasteiger partial charge is 0.497 e. The standard InChI is InChI=1S/C11H11O3/c1-13-11-6-2-4-10(8-11)5-3-7-14-9-12/h2-6,8H,7H2,1H3. The lowest BCUT2D eigenvalue weighted by atomic mass is 10.2. The van der Waals surface area contributed by atoms with Crippen LogP contribution in [0.25, 0.3) is 6.08 Å². The molecule has 1 aromatic carbocycles. The molecule has 0 unspecified atom stereocenters. The average molecular weight is 191 g/mol. The Hall–Kier alpha value is -1.77. The summed E-state index contributed by atoms with van der Waals surface area (Å²) in [5.74, 6) is 0.801. The van der Waals surface area contributed by atoms with Gasteiger partial charge in [-0.2, -0.15) is 0 Å². The molecule has 14 heavy (non-hydrogen) atoms. The first kappa shape index (κ1) is 10.3. The summed E-state index contributed by atoms with van der Waals surface area (Å²) in [6, 6.07) is 7.59. The van der Waals surface area contributed by atoms with Crippen LogP contribution in [0.4, 0.5) is 0 Å². The van der Waals surface area contributed by atoms with Gasteiger partial charge >= 0.3 is 6.47 Å². The molecule has 0 fully saturated rings. The SMILES string of the molecule is COc1cccc(C=CCO[C]=O)c1. The molecule has 73 valence electrons. The molecule has 0 aliphatic rings. The molecule has 0 N–H and O–H groups in total. The number of ether oxygens (including phenoxy) is 2. The highest BCUT2D eigenvalue weighted by molar-refractivity contribution is 5.52. The molecule has 0 heterocycles. The summed E-state index contributed by atoms with van der Waals surface area (Å²) in [4.78, 5) is 9.72. The van der Waals surface area contributed by atoms with E-state index in [1.807, 2.05) is 30.3 Å². The average Bonchev–Trinajstić information content (AvgIpc) is 2.25. The fourth-order valence-electron chi connectivity index (χ4n) is 1.01. The van der Waals surface area contributed by atoms with Crippen LogP contribution in [0.15, 0.2) is 30.3 Å². The van der Waals surface area contributed by atoms with Crippen molar-refractivity contribution in [3.05, 3.63) is 35.9 Å². The van der Waals surface area contributed by atoms with Crippen LogP contribution < -0.4 is 4.74 Å². The topological polar surface area (TPSA) is 35.5 Å². The third kappa shape index (κ3) is 3.31. The zero-order chi connectivity index (χ0) is 10.2. The maximum Gasteiger partial charge on any atom is 0.417 e. The second-order valence-corrected chi connectivity index (χ2v) is 2.57. The molecule has 0 bridgehead atoms. The maximum atomic E-state index is 9.72. The van der Waals surface area contributed by atoms with Gasteiger partial charge in [0.05, 0.1) is 7.11 Å². The summed E-state index contributed by atoms with van der Waals surface area (Å²) in [5.41, 5.74) is 0.999. The van der Waals surface area contributed by atoms with E-state index in [0.29, 0.717) is 0 Å². The van der Waals surface area contributed by atoms with E-state index in [4.69, 9.17) is 4.74 Å². The first-order valence-corrected chi connectivity index (χ1v) is 4.16. The van der Waals surface area contributed by atoms with Gasteiger partial charge in [-0.25, -0.2) is 4.79 Å². The van der Waals surface area contributed by atoms with E-state index in [1.54, 1.807) is 13.2 Å². The van der Waals surface area contributed by atoms with Gasteiger partial charge in [0.15, 0.2) is 0 Å². The summed E-state index contributed by atoms with van der Waals surface area (Å²) >= 11 is 0. The van der Waals surface area contributed by atoms with Crippen molar-refractivity contribution in [3.8, 4) is 5.75 Å². The predicted octanol–water partition coefficient (Wildman–Crippen LogP) is 1.79. The predicted molar refractivity (Wildman–Crippen MR) is 53.7 cm³/mol. The number of hydrogen-bond acceptors (Lipinski definition) is 3. The van der Waals surface area contributed by atoms with E-state index in [-0.39, 0.29) is 6.61 Å². The zero-order valence-electron chi connectivity index (χ0n) is 7.90. The van der Waals surface area contributed by atoms with Gasteiger partial charge in [0.25, 0.3) is 0 Å². The lowest BCUT2D eigenvalue weighted by molar-refractivity contribution is 0.314. The summed E-state index contributed by atoms with van der Waals surface area (Å²) in [5, 5.41) is 0. The molecule has 0 spiro atoms. The molecule has 0 saturated heterocycles. The van der Waals surface area contributed by atoms with Crippen LogP contribution in [0.2, 0.25) is 0 Å². The Kier molecular flexibility index (Phi) is 4.27. The molecule has 0 amide bonds. The molecule has 0 aromatic heterocycles. The van der Waals surface area contributed by atoms with E-state index in [2.05, 4.69) is 4.74 Å². The Morgan fingerprint density at radius 1 is 1.50 bits per heavy atom. The molecule has 0 aliphatic carbocycles. The molecule has 3 nitrogen and oxygen atoms in total. The van der Waals surface area contributed by atoms with Crippen molar-refractivity contribution in [2.45, 2.75) is 0 Å². The van der Waals surface area contributed by atoms with Crippen molar-refractivity contribution in [1.82, 2.24) is 0 Å². The number of methoxy groups -OCH3 is 1. The summed E-state index contributed by atoms with van der Waals surface area (Å²) in [6.07, 6.45) is 3.58. The van der Waals surface area contributed by atoms with Gasteiger partial charge < -0.3 is 9.47 Å². The number of rotatable bonds is 5. The van der Waals surface area contributed by atoms with Gasteiger partial charge in [-0.1, -0.05) is 18.2 Å². The van der Waals surface area contributed by atoms with Crippen LogP contribution in [-0.4, -0.2) is 20.2 Å². The lowest BCUT2D eigenvalue weighted by Gasteiger charge is -1.99. The van der Waals surface area contributed by atoms with E-state index in [0.717, 1.165) is 11.3 Å². The Bertz CT molecular complexity index is 318. The third-order valence-corrected chi connectivity index (χ3v) is 1.64. The van der Waals surface area contributed by atoms with Crippen molar-refractivity contribution in [3.63, 3.8) is 0 Å². The van der Waals surface area contributed by atoms with Crippen LogP contribution in [0.5, 0.6) is 5.75 Å². The molecule has 1 aromatic rings. The van der Waals surface area contributed by atoms with Crippen LogP contribution in [0.3, 0.4) is 0 Å². The van der Waals surface area contributed by atoms with E-state index < -0.39 is 0 Å². The van der Waals surface area contributed by atoms with Crippen LogP contribution >= 0.6 is 0 Å². The number of benzene rings is 1. The van der Waals surface area contributed by atoms with Gasteiger partial charge in [-0.3, -0.25) is 0 Å². The fraction of sp³-hybridized carbons (Fsp3) is 0.182. The van der Waals surface area contributed by atoms with Crippen molar-refractivity contribution in [2.75, 3.05) is 13.7 Å². The smallest absolute Gasteiger partial charge is 0.417 e. The van der Waals surface area contributed by atoms with Gasteiger partial charge in [-0.05, 0) is 23.8 Å². The number of carbonyl (C=O) groups excluding carboxylic acids is 1. The monoisotopic (exact) mass is 191 g/mol. The Balaban J connectivity index is 2.57. The van der Waals surface area contributed by atoms with Crippen molar-refractivity contribution >= 4 is 12.5 Å². The second-order valence-electron chi connectivity index (χ2n) is 2.57. The summed E-state index contributed by atoms with van der Waals surface area (Å²) in [7, 11) is 1.62. The zero-order valence-corrected chi connectivity index (χ0v) is 7.90. The highest BCUT2D eigenvalue weighted by Gasteiger charge is 1.90. The van der Waals surface area contributed by atoms with E-state index in [9.17, 15) is 4.79 Å². The normalized spacial score (nSPS) is 10.1. The van der Waals surface area contributed by atoms with Crippen LogP contribution in [0.1, 0.15) is 5.56 Å². The quantitative estimate of drug-likeness (QED) is 0.665. The fourth-order valence-corrected chi connectivity index (χ4v) is 1.01. The highest BCUT2D eigenvalue weighted by atomic mass is 16.5. The summed E-state index contributed by atoms with van der Waals surface area (Å²) in [6.45, 7) is 1.59. The summed E-state index contributed by atoms with van der Waals surface area (Å²) < 4.78 is 9.44. The van der Waals surface area contributed by atoms with E-state index in [1.165, 1.54) is 6.47 Å². The van der Waals surface area contributed by atoms with Crippen molar-refractivity contribution < 1.29 is 14.3 Å². The van der Waals surface area contributed by atoms with Gasteiger partial charge in [-0.15, -0.1) is 0 Å². The van der Waals surface area contributed by atoms with Crippen molar-refractivity contribution in [1.29, 1.82) is 0 Å². The molecule has 3 heteroatoms. The van der Waals surface area contributed by atoms with Gasteiger partial charge in [0.2, 0.25) is 0 Å². The Morgan fingerprint density at radius 2 is 2.36 bits per heavy atom. The minimum atomic E-state index is 0.237. The minimum absolute atomic E-state index is 0.237. The molecule has 0 atom stereocenters. The van der Waals surface area contributed by atoms with Gasteiger partial charge in [0.1, 0.15) is 12.4 Å². The third-order valence-electron chi connectivity index (χ3n) is 1.64. The van der Waals surface area contributed by atoms with E-state index >= 15 is 0 Å². The first-order chi connectivity index (χ1) is 6.86. The molecular formula is C11H11O3. The highest BCUT2D eigenvalue weighted by Crippen LogP contribution is 2.13. The molecule has 0 saturated carbocycles. The second kappa shape index (κ2) is 5.80. The Labute approximate surface area is 83.0 Å². The lowest BCUT2D eigenvalue weighted by Crippen LogP contribution is -1.86. The Morgan fingerprint density at radius 3 is 3.07 bits per heavy atom. The molecular weight excluding hydrogens is 180 g/mol.